The average Bonchev–Trinajstić information content (AvgIpc) is 3.03. The van der Waals surface area contributed by atoms with E-state index in [-0.39, 0.29) is 11.7 Å². The molecule has 2 aromatic rings. The van der Waals surface area contributed by atoms with E-state index < -0.39 is 5.82 Å². The van der Waals surface area contributed by atoms with Gasteiger partial charge in [0.15, 0.2) is 0 Å². The van der Waals surface area contributed by atoms with Crippen molar-refractivity contribution in [2.24, 2.45) is 5.92 Å². The third-order valence-corrected chi connectivity index (χ3v) is 3.83. The van der Waals surface area contributed by atoms with Gasteiger partial charge in [-0.1, -0.05) is 12.1 Å². The third-order valence-electron chi connectivity index (χ3n) is 3.83. The molecule has 22 heavy (non-hydrogen) atoms. The molecule has 0 unspecified atom stereocenters. The van der Waals surface area contributed by atoms with Gasteiger partial charge in [-0.25, -0.2) is 14.2 Å². The Hall–Kier alpha value is -2.44. The normalized spacial score (nSPS) is 18.2. The molecule has 1 atom stereocenters. The Bertz CT molecular complexity index is 631. The highest BCUT2D eigenvalue weighted by molar-refractivity contribution is 5.89. The highest BCUT2D eigenvalue weighted by Crippen LogP contribution is 2.20. The molecule has 0 saturated carbocycles. The number of aromatic nitrogens is 3. The predicted molar refractivity (Wildman–Crippen MR) is 79.7 cm³/mol. The standard InChI is InChI=1S/C15H18FN5O/c16-13-5-1-2-6-14(13)19-15(22)20-7-3-4-12(8-20)9-21-11-17-10-18-21/h1-2,5-6,10-12H,3-4,7-9H2,(H,19,22)/t12-/m0/s1. The van der Waals surface area contributed by atoms with Crippen molar-refractivity contribution in [2.75, 3.05) is 18.4 Å². The number of anilines is 1. The maximum atomic E-state index is 13.6. The number of nitrogens with zero attached hydrogens (tertiary/aromatic N) is 4. The molecule has 116 valence electrons. The zero-order valence-corrected chi connectivity index (χ0v) is 12.2. The molecule has 1 N–H and O–H groups in total. The van der Waals surface area contributed by atoms with Crippen LogP contribution < -0.4 is 5.32 Å². The first-order valence-electron chi connectivity index (χ1n) is 7.35. The molecule has 6 nitrogen and oxygen atoms in total. The van der Waals surface area contributed by atoms with Crippen molar-refractivity contribution in [3.63, 3.8) is 0 Å². The minimum Gasteiger partial charge on any atom is -0.324 e. The van der Waals surface area contributed by atoms with Crippen LogP contribution in [0.3, 0.4) is 0 Å². The number of urea groups is 1. The number of likely N-dealkylation sites (tertiary alicyclic amines) is 1. The maximum absolute atomic E-state index is 13.6. The van der Waals surface area contributed by atoms with E-state index in [1.807, 2.05) is 0 Å². The second-order valence-corrected chi connectivity index (χ2v) is 5.48. The molecule has 7 heteroatoms. The summed E-state index contributed by atoms with van der Waals surface area (Å²) in [5.41, 5.74) is 0.214. The van der Waals surface area contributed by atoms with Crippen molar-refractivity contribution >= 4 is 11.7 Å². The fourth-order valence-corrected chi connectivity index (χ4v) is 2.75. The van der Waals surface area contributed by atoms with Crippen molar-refractivity contribution in [3.8, 4) is 0 Å². The third kappa shape index (κ3) is 3.41. The average molecular weight is 303 g/mol. The molecular weight excluding hydrogens is 285 g/mol. The molecule has 1 aromatic carbocycles. The van der Waals surface area contributed by atoms with Gasteiger partial charge in [0.2, 0.25) is 0 Å². The van der Waals surface area contributed by atoms with Crippen LogP contribution in [0, 0.1) is 11.7 Å². The number of nitrogens with one attached hydrogen (secondary N) is 1. The summed E-state index contributed by atoms with van der Waals surface area (Å²) in [5.74, 6) is -0.0890. The van der Waals surface area contributed by atoms with Crippen LogP contribution in [0.25, 0.3) is 0 Å². The highest BCUT2D eigenvalue weighted by Gasteiger charge is 2.24. The lowest BCUT2D eigenvalue weighted by Crippen LogP contribution is -2.43. The monoisotopic (exact) mass is 303 g/mol. The second-order valence-electron chi connectivity index (χ2n) is 5.48. The number of para-hydroxylation sites is 1. The van der Waals surface area contributed by atoms with Crippen LogP contribution in [0.15, 0.2) is 36.9 Å². The Morgan fingerprint density at radius 2 is 2.27 bits per heavy atom. The number of hydrogen-bond donors (Lipinski definition) is 1. The number of carbonyl (C=O) groups is 1. The van der Waals surface area contributed by atoms with Crippen LogP contribution in [0.2, 0.25) is 0 Å². The summed E-state index contributed by atoms with van der Waals surface area (Å²) in [6.07, 6.45) is 5.16. The van der Waals surface area contributed by atoms with Gasteiger partial charge < -0.3 is 10.2 Å². The number of piperidine rings is 1. The number of rotatable bonds is 3. The van der Waals surface area contributed by atoms with E-state index in [1.165, 1.54) is 12.4 Å². The number of hydrogen-bond acceptors (Lipinski definition) is 3. The van der Waals surface area contributed by atoms with Gasteiger partial charge >= 0.3 is 6.03 Å². The topological polar surface area (TPSA) is 63.1 Å². The summed E-state index contributed by atoms with van der Waals surface area (Å²) >= 11 is 0. The van der Waals surface area contributed by atoms with Crippen LogP contribution in [0.4, 0.5) is 14.9 Å². The Kier molecular flexibility index (Phi) is 4.32. The van der Waals surface area contributed by atoms with Gasteiger partial charge in [-0.05, 0) is 30.9 Å². The molecule has 1 aliphatic rings. The molecule has 0 radical (unpaired) electrons. The van der Waals surface area contributed by atoms with E-state index in [0.29, 0.717) is 19.0 Å². The summed E-state index contributed by atoms with van der Waals surface area (Å²) in [5, 5.41) is 6.73. The summed E-state index contributed by atoms with van der Waals surface area (Å²) in [6, 6.07) is 5.93. The molecule has 1 saturated heterocycles. The molecule has 0 aliphatic carbocycles. The largest absolute Gasteiger partial charge is 0.324 e. The van der Waals surface area contributed by atoms with Crippen LogP contribution >= 0.6 is 0 Å². The summed E-state index contributed by atoms with van der Waals surface area (Å²) in [6.45, 7) is 2.07. The van der Waals surface area contributed by atoms with E-state index in [2.05, 4.69) is 15.4 Å². The lowest BCUT2D eigenvalue weighted by molar-refractivity contribution is 0.168. The van der Waals surface area contributed by atoms with Crippen molar-refractivity contribution in [2.45, 2.75) is 19.4 Å². The zero-order valence-electron chi connectivity index (χ0n) is 12.2. The van der Waals surface area contributed by atoms with Crippen LogP contribution in [-0.4, -0.2) is 38.8 Å². The maximum Gasteiger partial charge on any atom is 0.321 e. The molecule has 1 fully saturated rings. The minimum absolute atomic E-state index is 0.214. The Morgan fingerprint density at radius 3 is 3.05 bits per heavy atom. The van der Waals surface area contributed by atoms with Crippen LogP contribution in [0.5, 0.6) is 0 Å². The van der Waals surface area contributed by atoms with Crippen LogP contribution in [-0.2, 0) is 6.54 Å². The molecule has 1 aromatic heterocycles. The molecule has 0 bridgehead atoms. The van der Waals surface area contributed by atoms with Crippen molar-refractivity contribution in [1.29, 1.82) is 0 Å². The highest BCUT2D eigenvalue weighted by atomic mass is 19.1. The van der Waals surface area contributed by atoms with Gasteiger partial charge in [-0.3, -0.25) is 4.68 Å². The number of carbonyl (C=O) groups excluding carboxylic acids is 1. The summed E-state index contributed by atoms with van der Waals surface area (Å²) in [7, 11) is 0. The quantitative estimate of drug-likeness (QED) is 0.947. The van der Waals surface area contributed by atoms with Crippen molar-refractivity contribution in [1.82, 2.24) is 19.7 Å². The fraction of sp³-hybridized carbons (Fsp3) is 0.400. The summed E-state index contributed by atoms with van der Waals surface area (Å²) in [4.78, 5) is 17.9. The molecule has 2 amide bonds. The van der Waals surface area contributed by atoms with Gasteiger partial charge in [0.25, 0.3) is 0 Å². The van der Waals surface area contributed by atoms with E-state index in [1.54, 1.807) is 34.1 Å². The Morgan fingerprint density at radius 1 is 1.41 bits per heavy atom. The van der Waals surface area contributed by atoms with E-state index in [0.717, 1.165) is 19.4 Å². The van der Waals surface area contributed by atoms with Crippen molar-refractivity contribution in [3.05, 3.63) is 42.7 Å². The Labute approximate surface area is 128 Å². The van der Waals surface area contributed by atoms with Gasteiger partial charge in [0, 0.05) is 19.6 Å². The van der Waals surface area contributed by atoms with E-state index >= 15 is 0 Å². The predicted octanol–water partition coefficient (Wildman–Crippen LogP) is 2.36. The number of benzene rings is 1. The fourth-order valence-electron chi connectivity index (χ4n) is 2.75. The minimum atomic E-state index is -0.424. The van der Waals surface area contributed by atoms with Crippen molar-refractivity contribution < 1.29 is 9.18 Å². The molecular formula is C15H18FN5O. The van der Waals surface area contributed by atoms with Gasteiger partial charge in [-0.2, -0.15) is 5.10 Å². The molecule has 2 heterocycles. The molecule has 1 aliphatic heterocycles. The lowest BCUT2D eigenvalue weighted by atomic mass is 9.98. The van der Waals surface area contributed by atoms with E-state index in [4.69, 9.17) is 0 Å². The van der Waals surface area contributed by atoms with Crippen LogP contribution in [0.1, 0.15) is 12.8 Å². The Balaban J connectivity index is 1.59. The lowest BCUT2D eigenvalue weighted by Gasteiger charge is -2.32. The van der Waals surface area contributed by atoms with Gasteiger partial charge in [0.05, 0.1) is 5.69 Å². The summed E-state index contributed by atoms with van der Waals surface area (Å²) < 4.78 is 15.4. The zero-order chi connectivity index (χ0) is 15.4. The SMILES string of the molecule is O=C(Nc1ccccc1F)N1CCC[C@H](Cn2cncn2)C1. The van der Waals surface area contributed by atoms with Gasteiger partial charge in [0.1, 0.15) is 18.5 Å². The molecule has 0 spiro atoms. The molecule has 3 rings (SSSR count). The second kappa shape index (κ2) is 6.55. The first kappa shape index (κ1) is 14.5. The number of halogens is 1. The smallest absolute Gasteiger partial charge is 0.321 e. The van der Waals surface area contributed by atoms with Gasteiger partial charge in [-0.15, -0.1) is 0 Å². The first-order valence-corrected chi connectivity index (χ1v) is 7.35. The number of amides is 2. The first-order chi connectivity index (χ1) is 10.7. The van der Waals surface area contributed by atoms with E-state index in [9.17, 15) is 9.18 Å².